The van der Waals surface area contributed by atoms with Gasteiger partial charge in [-0.2, -0.15) is 0 Å². The third kappa shape index (κ3) is 9.32. The molecule has 0 unspecified atom stereocenters. The quantitative estimate of drug-likeness (QED) is 0.135. The Morgan fingerprint density at radius 2 is 1.07 bits per heavy atom. The Hall–Kier alpha value is -2.38. The third-order valence-electron chi connectivity index (χ3n) is 6.51. The van der Waals surface area contributed by atoms with Gasteiger partial charge in [0.25, 0.3) is 11.8 Å². The van der Waals surface area contributed by atoms with Crippen LogP contribution in [0.5, 0.6) is 0 Å². The Bertz CT molecular complexity index is 1350. The maximum atomic E-state index is 13.2. The van der Waals surface area contributed by atoms with Crippen LogP contribution in [0.15, 0.2) is 9.81 Å². The highest BCUT2D eigenvalue weighted by Gasteiger charge is 2.41. The number of rotatable bonds is 16. The number of nitrogens with one attached hydrogen (secondary N) is 2. The van der Waals surface area contributed by atoms with Gasteiger partial charge >= 0.3 is 0 Å². The molecule has 4 amide bonds. The van der Waals surface area contributed by atoms with E-state index in [1.54, 1.807) is 0 Å². The van der Waals surface area contributed by atoms with Crippen LogP contribution in [0.3, 0.4) is 0 Å². The molecule has 0 aliphatic carbocycles. The molecule has 0 spiro atoms. The molecule has 0 radical (unpaired) electrons. The summed E-state index contributed by atoms with van der Waals surface area (Å²) in [5, 5.41) is 24.2. The molecule has 2 aromatic rings. The van der Waals surface area contributed by atoms with Crippen molar-refractivity contribution in [2.24, 2.45) is 0 Å². The zero-order valence-corrected chi connectivity index (χ0v) is 29.2. The number of carbonyl (C=O) groups excluding carboxylic acids is 4. The fourth-order valence-electron chi connectivity index (χ4n) is 4.18. The van der Waals surface area contributed by atoms with E-state index in [9.17, 15) is 19.2 Å². The molecular weight excluding hydrogens is 681 g/mol. The van der Waals surface area contributed by atoms with E-state index in [1.807, 2.05) is 13.8 Å². The summed E-state index contributed by atoms with van der Waals surface area (Å²) in [6.45, 7) is 4.79. The van der Waals surface area contributed by atoms with E-state index in [-0.39, 0.29) is 23.6 Å². The fraction of sp³-hybridized carbons (Fsp3) is 0.538. The molecule has 0 saturated carbocycles. The van der Waals surface area contributed by atoms with Crippen LogP contribution in [-0.2, 0) is 32.0 Å². The lowest BCUT2D eigenvalue weighted by atomic mass is 10.2. The van der Waals surface area contributed by atoms with E-state index in [2.05, 4.69) is 31.0 Å². The first-order valence-electron chi connectivity index (χ1n) is 14.3. The van der Waals surface area contributed by atoms with Crippen LogP contribution < -0.4 is 10.6 Å². The number of nitrogens with zero attached hydrogens (tertiary/aromatic N) is 6. The number of carbonyl (C=O) groups is 4. The first-order valence-corrected chi connectivity index (χ1v) is 18.3. The average molecular weight is 713 g/mol. The Morgan fingerprint density at radius 3 is 1.43 bits per heavy atom. The zero-order valence-electron chi connectivity index (χ0n) is 24.3. The second kappa shape index (κ2) is 16.8. The predicted molar refractivity (Wildman–Crippen MR) is 184 cm³/mol. The number of unbranched alkanes of at least 4 members (excludes halogenated alkanes) is 4. The monoisotopic (exact) mass is 712 g/mol. The number of amides is 4. The second-order valence-corrected chi connectivity index (χ2v) is 15.1. The highest BCUT2D eigenvalue weighted by atomic mass is 32.2. The standard InChI is InChI=1S/C26H32N8O4S6/c1-3-17-29-31-23(41-17)27-15(35)11-7-5-9-13-33-21(37)19(43-25(33)39)20-22(38)34(26(40)44-20)14-10-6-8-12-16(36)28-24-32-30-18(4-2)42-24/h3-14H2,1-2H3,(H,27,31,35)(H,28,32,36)/b20-19+. The first-order chi connectivity index (χ1) is 21.2. The summed E-state index contributed by atoms with van der Waals surface area (Å²) >= 11 is 15.9. The normalized spacial score (nSPS) is 16.9. The van der Waals surface area contributed by atoms with E-state index in [0.29, 0.717) is 80.3 Å². The van der Waals surface area contributed by atoms with Crippen molar-refractivity contribution in [2.75, 3.05) is 23.7 Å². The van der Waals surface area contributed by atoms with Gasteiger partial charge < -0.3 is 10.6 Å². The van der Waals surface area contributed by atoms with Crippen molar-refractivity contribution in [1.82, 2.24) is 30.2 Å². The van der Waals surface area contributed by atoms with Gasteiger partial charge in [-0.3, -0.25) is 29.0 Å². The molecule has 2 saturated heterocycles. The summed E-state index contributed by atoms with van der Waals surface area (Å²) in [5.41, 5.74) is 0. The average Bonchev–Trinajstić information content (AvgIpc) is 3.77. The molecule has 0 aromatic carbocycles. The van der Waals surface area contributed by atoms with Crippen LogP contribution in [0.2, 0.25) is 0 Å². The molecule has 2 fully saturated rings. The van der Waals surface area contributed by atoms with Gasteiger partial charge in [-0.25, -0.2) is 0 Å². The molecule has 12 nitrogen and oxygen atoms in total. The summed E-state index contributed by atoms with van der Waals surface area (Å²) in [5.74, 6) is -0.795. The fourth-order valence-corrected chi connectivity index (χ4v) is 8.34. The maximum Gasteiger partial charge on any atom is 0.267 e. The van der Waals surface area contributed by atoms with Crippen LogP contribution >= 0.6 is 70.6 Å². The van der Waals surface area contributed by atoms with E-state index in [1.165, 1.54) is 32.5 Å². The topological polar surface area (TPSA) is 150 Å². The van der Waals surface area contributed by atoms with Crippen molar-refractivity contribution < 1.29 is 19.2 Å². The highest BCUT2D eigenvalue weighted by Crippen LogP contribution is 2.42. The lowest BCUT2D eigenvalue weighted by molar-refractivity contribution is -0.124. The van der Waals surface area contributed by atoms with Crippen LogP contribution in [0, 0.1) is 0 Å². The first kappa shape index (κ1) is 34.5. The number of aryl methyl sites for hydroxylation is 2. The van der Waals surface area contributed by atoms with Crippen molar-refractivity contribution in [2.45, 2.75) is 78.1 Å². The molecule has 236 valence electrons. The van der Waals surface area contributed by atoms with Crippen LogP contribution in [-0.4, -0.2) is 75.6 Å². The molecule has 4 rings (SSSR count). The zero-order chi connectivity index (χ0) is 31.6. The Balaban J connectivity index is 1.16. The van der Waals surface area contributed by atoms with Gasteiger partial charge in [0.1, 0.15) is 18.7 Å². The van der Waals surface area contributed by atoms with Gasteiger partial charge in [-0.1, -0.05) is 97.3 Å². The summed E-state index contributed by atoms with van der Waals surface area (Å²) < 4.78 is 0.822. The number of hydrogen-bond donors (Lipinski definition) is 2. The summed E-state index contributed by atoms with van der Waals surface area (Å²) in [6, 6.07) is 0. The van der Waals surface area contributed by atoms with Gasteiger partial charge in [0.15, 0.2) is 0 Å². The number of aromatic nitrogens is 4. The predicted octanol–water partition coefficient (Wildman–Crippen LogP) is 5.14. The molecule has 4 heterocycles. The lowest BCUT2D eigenvalue weighted by Gasteiger charge is -2.14. The molecule has 2 aliphatic rings. The molecule has 2 aliphatic heterocycles. The van der Waals surface area contributed by atoms with Crippen molar-refractivity contribution >= 4 is 113 Å². The molecule has 2 N–H and O–H groups in total. The molecule has 2 aromatic heterocycles. The van der Waals surface area contributed by atoms with Gasteiger partial charge in [0.05, 0.1) is 9.81 Å². The van der Waals surface area contributed by atoms with Crippen molar-refractivity contribution in [1.29, 1.82) is 0 Å². The van der Waals surface area contributed by atoms with E-state index >= 15 is 0 Å². The SMILES string of the molecule is CCc1nnc(NC(=O)CCCCCN2C(=O)/C(=C3\SC(=S)N(CCCCCC(=O)Nc4nnc(CC)s4)C3=O)SC2=S)s1. The third-order valence-corrected chi connectivity index (χ3v) is 11.5. The summed E-state index contributed by atoms with van der Waals surface area (Å²) in [6.07, 6.45) is 6.38. The van der Waals surface area contributed by atoms with Crippen molar-refractivity contribution in [3.8, 4) is 0 Å². The second-order valence-electron chi connectivity index (χ2n) is 9.73. The molecule has 44 heavy (non-hydrogen) atoms. The minimum atomic E-state index is -0.284. The summed E-state index contributed by atoms with van der Waals surface area (Å²) in [4.78, 5) is 54.4. The van der Waals surface area contributed by atoms with Gasteiger partial charge in [-0.05, 0) is 38.5 Å². The number of anilines is 2. The largest absolute Gasteiger partial charge is 0.301 e. The number of thioether (sulfide) groups is 2. The van der Waals surface area contributed by atoms with E-state index < -0.39 is 0 Å². The van der Waals surface area contributed by atoms with Crippen LogP contribution in [0.25, 0.3) is 0 Å². The van der Waals surface area contributed by atoms with Crippen LogP contribution in [0.4, 0.5) is 10.3 Å². The molecule has 18 heteroatoms. The van der Waals surface area contributed by atoms with Gasteiger partial charge in [0, 0.05) is 25.9 Å². The molecule has 0 atom stereocenters. The minimum absolute atomic E-state index is 0.114. The van der Waals surface area contributed by atoms with Gasteiger partial charge in [0.2, 0.25) is 22.1 Å². The van der Waals surface area contributed by atoms with E-state index in [4.69, 9.17) is 24.4 Å². The number of thiocarbonyl (C=S) groups is 2. The van der Waals surface area contributed by atoms with Crippen LogP contribution in [0.1, 0.15) is 75.2 Å². The smallest absolute Gasteiger partial charge is 0.267 e. The maximum absolute atomic E-state index is 13.2. The minimum Gasteiger partial charge on any atom is -0.301 e. The van der Waals surface area contributed by atoms with E-state index in [0.717, 1.165) is 59.2 Å². The van der Waals surface area contributed by atoms with Crippen molar-refractivity contribution in [3.05, 3.63) is 19.8 Å². The lowest BCUT2D eigenvalue weighted by Crippen LogP contribution is -2.31. The number of hydrogen-bond acceptors (Lipinski definition) is 14. The Labute approximate surface area is 282 Å². The molecule has 0 bridgehead atoms. The summed E-state index contributed by atoms with van der Waals surface area (Å²) in [7, 11) is 0. The highest BCUT2D eigenvalue weighted by molar-refractivity contribution is 8.29. The van der Waals surface area contributed by atoms with Gasteiger partial charge in [-0.15, -0.1) is 20.4 Å². The van der Waals surface area contributed by atoms with Crippen molar-refractivity contribution in [3.63, 3.8) is 0 Å². The Morgan fingerprint density at radius 1 is 0.659 bits per heavy atom. The Kier molecular flexibility index (Phi) is 13.2. The molecular formula is C26H32N8O4S6.